The van der Waals surface area contributed by atoms with Crippen molar-refractivity contribution in [1.29, 1.82) is 5.26 Å². The van der Waals surface area contributed by atoms with Gasteiger partial charge in [0.2, 0.25) is 5.95 Å². The fourth-order valence-corrected chi connectivity index (χ4v) is 6.17. The van der Waals surface area contributed by atoms with Gasteiger partial charge in [0.1, 0.15) is 12.3 Å². The van der Waals surface area contributed by atoms with Crippen LogP contribution in [0, 0.1) is 11.3 Å². The van der Waals surface area contributed by atoms with Gasteiger partial charge >= 0.3 is 7.41 Å². The van der Waals surface area contributed by atoms with Gasteiger partial charge in [-0.05, 0) is 54.7 Å². The number of nitrogens with one attached hydrogen (secondary N) is 1. The lowest BCUT2D eigenvalue weighted by Gasteiger charge is -2.39. The molecule has 2 aromatic heterocycles. The minimum absolute atomic E-state index is 0.0659. The molecule has 0 spiro atoms. The molecule has 5 rings (SSSR count). The maximum absolute atomic E-state index is 11.5. The maximum atomic E-state index is 11.5. The lowest BCUT2D eigenvalue weighted by Crippen LogP contribution is -2.46. The van der Waals surface area contributed by atoms with E-state index in [2.05, 4.69) is 74.4 Å². The van der Waals surface area contributed by atoms with Crippen molar-refractivity contribution in [1.82, 2.24) is 19.7 Å². The fourth-order valence-electron chi connectivity index (χ4n) is 5.06. The van der Waals surface area contributed by atoms with E-state index >= 15 is 0 Å². The normalized spacial score (nSPS) is 18.8. The molecule has 1 radical (unpaired) electrons. The zero-order chi connectivity index (χ0) is 28.9. The second kappa shape index (κ2) is 10.2. The molecule has 1 atom stereocenters. The standard InChI is InChI=1S/C29H37BN7O2Si/c1-28(2,3)40(6,7)39-17-29(4)16-37(30-18-38)26-21(15-31)12-20(13-22(26)29)23-10-11-32-27(33-23)34-25-14-24(19-8-9-19)36(5)35-25/h10-14,18-19H,8-9,16-17H2,1-7H3,(H,32,33,34,35). The summed E-state index contributed by atoms with van der Waals surface area (Å²) in [5, 5.41) is 18.1. The van der Waals surface area contributed by atoms with E-state index in [1.165, 1.54) is 26.0 Å². The Labute approximate surface area is 238 Å². The number of benzene rings is 1. The third-order valence-electron chi connectivity index (χ3n) is 8.59. The number of anilines is 3. The summed E-state index contributed by atoms with van der Waals surface area (Å²) in [6.45, 7) is 14.3. The molecule has 2 aliphatic rings. The van der Waals surface area contributed by atoms with Gasteiger partial charge in [0, 0.05) is 60.7 Å². The third-order valence-corrected chi connectivity index (χ3v) is 13.1. The lowest BCUT2D eigenvalue weighted by atomic mass is 9.83. The molecule has 3 heterocycles. The van der Waals surface area contributed by atoms with E-state index in [-0.39, 0.29) is 5.04 Å². The largest absolute Gasteiger partial charge is 0.416 e. The molecule has 1 saturated carbocycles. The van der Waals surface area contributed by atoms with Crippen molar-refractivity contribution in [2.24, 2.45) is 7.05 Å². The minimum Gasteiger partial charge on any atom is -0.416 e. The molecule has 0 saturated heterocycles. The van der Waals surface area contributed by atoms with Crippen LogP contribution >= 0.6 is 0 Å². The van der Waals surface area contributed by atoms with Crippen molar-refractivity contribution in [3.8, 4) is 17.3 Å². The quantitative estimate of drug-likeness (QED) is 0.281. The van der Waals surface area contributed by atoms with Gasteiger partial charge in [0.15, 0.2) is 14.1 Å². The van der Waals surface area contributed by atoms with Gasteiger partial charge in [0.25, 0.3) is 0 Å². The molecule has 1 N–H and O–H groups in total. The summed E-state index contributed by atoms with van der Waals surface area (Å²) in [5.41, 5.74) is 4.53. The van der Waals surface area contributed by atoms with Crippen molar-refractivity contribution in [2.75, 3.05) is 23.3 Å². The van der Waals surface area contributed by atoms with Gasteiger partial charge in [-0.1, -0.05) is 27.7 Å². The van der Waals surface area contributed by atoms with Crippen LogP contribution in [0.15, 0.2) is 30.5 Å². The number of aromatic nitrogens is 4. The molecule has 0 amide bonds. The van der Waals surface area contributed by atoms with Crippen LogP contribution in [0.2, 0.25) is 18.1 Å². The van der Waals surface area contributed by atoms with Crippen LogP contribution in [0.3, 0.4) is 0 Å². The maximum Gasteiger partial charge on any atom is 0.329 e. The SMILES string of the molecule is Cn1nc(Nc2nccc(-c3cc(C#N)c4c(c3)C(C)(CO[Si](C)(C)C(C)(C)C)CN4[B]C=O)n2)cc1C1CC1. The zero-order valence-corrected chi connectivity index (χ0v) is 25.4. The van der Waals surface area contributed by atoms with Crippen LogP contribution in [0.25, 0.3) is 11.3 Å². The van der Waals surface area contributed by atoms with Crippen LogP contribution in [-0.4, -0.2) is 54.8 Å². The summed E-state index contributed by atoms with van der Waals surface area (Å²) in [7, 11) is 1.44. The molecular weight excluding hydrogens is 517 g/mol. The first-order valence-corrected chi connectivity index (χ1v) is 16.7. The summed E-state index contributed by atoms with van der Waals surface area (Å²) in [5.74, 6) is 1.74. The number of nitrogens with zero attached hydrogens (tertiary/aromatic N) is 6. The Morgan fingerprint density at radius 1 is 1.30 bits per heavy atom. The van der Waals surface area contributed by atoms with E-state index in [4.69, 9.17) is 9.41 Å². The predicted molar refractivity (Wildman–Crippen MR) is 161 cm³/mol. The third kappa shape index (κ3) is 5.30. The van der Waals surface area contributed by atoms with Gasteiger partial charge in [-0.25, -0.2) is 9.97 Å². The number of carbonyl (C=O) groups is 1. The van der Waals surface area contributed by atoms with Crippen LogP contribution in [0.1, 0.15) is 63.3 Å². The molecular formula is C29H37BN7O2Si. The average Bonchev–Trinajstić information content (AvgIpc) is 3.62. The summed E-state index contributed by atoms with van der Waals surface area (Å²) >= 11 is 0. The Hall–Kier alpha value is -3.49. The van der Waals surface area contributed by atoms with E-state index in [0.29, 0.717) is 42.1 Å². The van der Waals surface area contributed by atoms with Crippen molar-refractivity contribution >= 4 is 39.4 Å². The smallest absolute Gasteiger partial charge is 0.329 e. The van der Waals surface area contributed by atoms with E-state index in [1.807, 2.05) is 28.7 Å². The number of hydrogen-bond donors (Lipinski definition) is 1. The summed E-state index contributed by atoms with van der Waals surface area (Å²) < 4.78 is 8.60. The number of fused-ring (bicyclic) bond motifs is 1. The molecule has 9 nitrogen and oxygen atoms in total. The molecule has 1 aromatic carbocycles. The Kier molecular flexibility index (Phi) is 7.13. The van der Waals surface area contributed by atoms with Gasteiger partial charge < -0.3 is 19.3 Å². The van der Waals surface area contributed by atoms with Gasteiger partial charge in [0.05, 0.1) is 11.3 Å². The molecule has 207 valence electrons. The van der Waals surface area contributed by atoms with Crippen LogP contribution < -0.4 is 10.1 Å². The zero-order valence-electron chi connectivity index (χ0n) is 24.4. The highest BCUT2D eigenvalue weighted by molar-refractivity contribution is 6.74. The molecule has 1 unspecified atom stereocenters. The summed E-state index contributed by atoms with van der Waals surface area (Å²) in [6.07, 6.45) is 4.88. The molecule has 0 bridgehead atoms. The van der Waals surface area contributed by atoms with Gasteiger partial charge in [-0.3, -0.25) is 4.68 Å². The Morgan fingerprint density at radius 2 is 2.05 bits per heavy atom. The number of aryl methyl sites for hydroxylation is 1. The summed E-state index contributed by atoms with van der Waals surface area (Å²) in [6, 6.07) is 10.2. The molecule has 11 heteroatoms. The number of carbonyl (C=O) groups excluding carboxylic acids is 1. The Bertz CT molecular complexity index is 1490. The van der Waals surface area contributed by atoms with Gasteiger partial charge in [-0.15, -0.1) is 0 Å². The fraction of sp³-hybridized carbons (Fsp3) is 0.483. The molecule has 40 heavy (non-hydrogen) atoms. The monoisotopic (exact) mass is 554 g/mol. The van der Waals surface area contributed by atoms with Crippen molar-refractivity contribution in [3.05, 3.63) is 47.3 Å². The molecule has 1 aliphatic carbocycles. The minimum atomic E-state index is -2.03. The van der Waals surface area contributed by atoms with Crippen molar-refractivity contribution in [2.45, 2.75) is 70.0 Å². The first-order valence-electron chi connectivity index (χ1n) is 13.8. The highest BCUT2D eigenvalue weighted by Crippen LogP contribution is 2.46. The van der Waals surface area contributed by atoms with E-state index in [1.54, 1.807) is 6.20 Å². The van der Waals surface area contributed by atoms with E-state index in [0.717, 1.165) is 23.0 Å². The molecule has 3 aromatic rings. The first kappa shape index (κ1) is 28.1. The predicted octanol–water partition coefficient (Wildman–Crippen LogP) is 5.28. The Morgan fingerprint density at radius 3 is 2.70 bits per heavy atom. The number of rotatable bonds is 9. The Balaban J connectivity index is 1.50. The van der Waals surface area contributed by atoms with Crippen LogP contribution in [-0.2, 0) is 21.7 Å². The van der Waals surface area contributed by atoms with Crippen LogP contribution in [0.5, 0.6) is 0 Å². The van der Waals surface area contributed by atoms with Crippen LogP contribution in [0.4, 0.5) is 17.5 Å². The number of nitriles is 1. The topological polar surface area (TPSA) is 109 Å². The lowest BCUT2D eigenvalue weighted by molar-refractivity contribution is 0.219. The molecule has 1 fully saturated rings. The highest BCUT2D eigenvalue weighted by Gasteiger charge is 2.44. The second-order valence-electron chi connectivity index (χ2n) is 12.8. The van der Waals surface area contributed by atoms with E-state index < -0.39 is 13.7 Å². The highest BCUT2D eigenvalue weighted by atomic mass is 28.4. The van der Waals surface area contributed by atoms with E-state index in [9.17, 15) is 10.1 Å². The first-order chi connectivity index (χ1) is 18.8. The average molecular weight is 555 g/mol. The van der Waals surface area contributed by atoms with Crippen molar-refractivity contribution in [3.63, 3.8) is 0 Å². The second-order valence-corrected chi connectivity index (χ2v) is 17.6. The van der Waals surface area contributed by atoms with Crippen molar-refractivity contribution < 1.29 is 9.22 Å². The summed E-state index contributed by atoms with van der Waals surface area (Å²) in [4.78, 5) is 22.6. The number of hydrogen-bond acceptors (Lipinski definition) is 8. The van der Waals surface area contributed by atoms with Gasteiger partial charge in [-0.2, -0.15) is 10.4 Å². The molecule has 1 aliphatic heterocycles.